The third-order valence-corrected chi connectivity index (χ3v) is 6.22. The van der Waals surface area contributed by atoms with E-state index in [-0.39, 0.29) is 5.91 Å². The van der Waals surface area contributed by atoms with Crippen LogP contribution in [0.1, 0.15) is 11.1 Å². The first-order chi connectivity index (χ1) is 13.6. The van der Waals surface area contributed by atoms with Gasteiger partial charge in [0.1, 0.15) is 10.1 Å². The highest BCUT2D eigenvalue weighted by molar-refractivity contribution is 8.26. The van der Waals surface area contributed by atoms with Crippen LogP contribution in [0.2, 0.25) is 0 Å². The maximum Gasteiger partial charge on any atom is 0.266 e. The number of rotatable bonds is 4. The first kappa shape index (κ1) is 19.1. The summed E-state index contributed by atoms with van der Waals surface area (Å²) in [5.74, 6) is 0.811. The number of carbonyl (C=O) groups excluding carboxylic acids is 1. The Morgan fingerprint density at radius 1 is 1.36 bits per heavy atom. The minimum absolute atomic E-state index is 0.0767. The second-order valence-corrected chi connectivity index (χ2v) is 8.40. The molecule has 1 aromatic heterocycles. The van der Waals surface area contributed by atoms with Crippen molar-refractivity contribution in [2.75, 3.05) is 37.7 Å². The maximum absolute atomic E-state index is 12.8. The molecular weight excluding hydrogens is 390 g/mol. The number of amides is 1. The number of thiocarbonyl (C=S) groups is 1. The van der Waals surface area contributed by atoms with Gasteiger partial charge in [-0.25, -0.2) is 4.98 Å². The fourth-order valence-electron chi connectivity index (χ4n) is 3.42. The lowest BCUT2D eigenvalue weighted by Crippen LogP contribution is -2.37. The molecule has 4 rings (SSSR count). The van der Waals surface area contributed by atoms with Crippen LogP contribution in [0.4, 0.5) is 5.82 Å². The lowest BCUT2D eigenvalue weighted by Gasteiger charge is -2.29. The molecule has 1 aromatic carbocycles. The molecule has 3 heterocycles. The maximum atomic E-state index is 12.8. The first-order valence-electron chi connectivity index (χ1n) is 9.18. The van der Waals surface area contributed by atoms with Crippen molar-refractivity contribution >= 4 is 57.0 Å². The van der Waals surface area contributed by atoms with Gasteiger partial charge in [0.2, 0.25) is 0 Å². The first-order valence-corrected chi connectivity index (χ1v) is 10.4. The summed E-state index contributed by atoms with van der Waals surface area (Å²) in [5.41, 5.74) is 3.05. The van der Waals surface area contributed by atoms with Crippen LogP contribution in [0, 0.1) is 6.92 Å². The van der Waals surface area contributed by atoms with Gasteiger partial charge in [0, 0.05) is 30.6 Å². The second-order valence-electron chi connectivity index (χ2n) is 6.73. The third kappa shape index (κ3) is 3.57. The number of anilines is 1. The number of hydrogen-bond acceptors (Lipinski definition) is 6. The molecule has 0 unspecified atom stereocenters. The van der Waals surface area contributed by atoms with Gasteiger partial charge < -0.3 is 9.64 Å². The number of aryl methyl sites for hydroxylation is 1. The summed E-state index contributed by atoms with van der Waals surface area (Å²) < 4.78 is 6.07. The molecule has 28 heavy (non-hydrogen) atoms. The fourth-order valence-corrected chi connectivity index (χ4v) is 4.68. The van der Waals surface area contributed by atoms with Crippen LogP contribution in [0.25, 0.3) is 17.0 Å². The van der Waals surface area contributed by atoms with Gasteiger partial charge in [0.15, 0.2) is 0 Å². The Labute approximate surface area is 174 Å². The number of carbonyl (C=O) groups is 1. The Morgan fingerprint density at radius 2 is 2.14 bits per heavy atom. The number of hydrogen-bond donors (Lipinski definition) is 0. The molecule has 0 radical (unpaired) electrons. The molecule has 1 amide bonds. The van der Waals surface area contributed by atoms with Gasteiger partial charge >= 0.3 is 0 Å². The van der Waals surface area contributed by atoms with E-state index in [0.717, 1.165) is 40.9 Å². The molecule has 2 fully saturated rings. The van der Waals surface area contributed by atoms with Gasteiger partial charge in [-0.05, 0) is 24.6 Å². The van der Waals surface area contributed by atoms with Crippen LogP contribution in [-0.4, -0.2) is 53.0 Å². The van der Waals surface area contributed by atoms with E-state index >= 15 is 0 Å². The molecule has 2 aliphatic heterocycles. The highest BCUT2D eigenvalue weighted by atomic mass is 32.2. The van der Waals surface area contributed by atoms with Crippen molar-refractivity contribution in [1.82, 2.24) is 9.88 Å². The molecule has 7 heteroatoms. The third-order valence-electron chi connectivity index (χ3n) is 4.84. The Bertz CT molecular complexity index is 997. The van der Waals surface area contributed by atoms with Gasteiger partial charge in [-0.15, -0.1) is 6.58 Å². The van der Waals surface area contributed by atoms with E-state index in [1.807, 2.05) is 12.1 Å². The van der Waals surface area contributed by atoms with Crippen molar-refractivity contribution in [1.29, 1.82) is 0 Å². The number of ether oxygens (including phenoxy) is 1. The van der Waals surface area contributed by atoms with Gasteiger partial charge in [0.25, 0.3) is 5.91 Å². The average molecular weight is 412 g/mol. The van der Waals surface area contributed by atoms with Gasteiger partial charge in [-0.1, -0.05) is 48.3 Å². The van der Waals surface area contributed by atoms with Crippen molar-refractivity contribution in [2.24, 2.45) is 0 Å². The zero-order valence-corrected chi connectivity index (χ0v) is 17.3. The number of pyridine rings is 1. The summed E-state index contributed by atoms with van der Waals surface area (Å²) in [7, 11) is 0. The van der Waals surface area contributed by atoms with Crippen LogP contribution in [0.15, 0.2) is 41.8 Å². The van der Waals surface area contributed by atoms with E-state index < -0.39 is 0 Å². The molecule has 0 bridgehead atoms. The van der Waals surface area contributed by atoms with E-state index in [1.54, 1.807) is 11.0 Å². The summed E-state index contributed by atoms with van der Waals surface area (Å²) >= 11 is 6.70. The van der Waals surface area contributed by atoms with Crippen LogP contribution in [0.3, 0.4) is 0 Å². The lowest BCUT2D eigenvalue weighted by molar-refractivity contribution is -0.121. The number of fused-ring (bicyclic) bond motifs is 1. The predicted octanol–water partition coefficient (Wildman–Crippen LogP) is 3.77. The van der Waals surface area contributed by atoms with Gasteiger partial charge in [-0.3, -0.25) is 9.69 Å². The Hall–Kier alpha value is -2.22. The van der Waals surface area contributed by atoms with Crippen molar-refractivity contribution in [3.05, 3.63) is 53.0 Å². The summed E-state index contributed by atoms with van der Waals surface area (Å²) in [4.78, 5) is 22.2. The zero-order chi connectivity index (χ0) is 19.7. The molecule has 0 aliphatic carbocycles. The van der Waals surface area contributed by atoms with Crippen LogP contribution in [-0.2, 0) is 9.53 Å². The molecule has 144 valence electrons. The fraction of sp³-hybridized carbons (Fsp3) is 0.286. The van der Waals surface area contributed by atoms with Gasteiger partial charge in [-0.2, -0.15) is 0 Å². The number of para-hydroxylation sites is 1. The second kappa shape index (κ2) is 8.03. The molecule has 0 N–H and O–H groups in total. The summed E-state index contributed by atoms with van der Waals surface area (Å²) in [6, 6.07) is 8.26. The van der Waals surface area contributed by atoms with E-state index in [2.05, 4.69) is 36.6 Å². The molecular formula is C21H21N3O2S2. The van der Waals surface area contributed by atoms with E-state index in [0.29, 0.717) is 29.0 Å². The number of nitrogens with zero attached hydrogens (tertiary/aromatic N) is 3. The lowest BCUT2D eigenvalue weighted by atomic mass is 10.1. The molecule has 2 aliphatic rings. The quantitative estimate of drug-likeness (QED) is 0.434. The van der Waals surface area contributed by atoms with Crippen molar-refractivity contribution in [3.8, 4) is 0 Å². The Morgan fingerprint density at radius 3 is 2.89 bits per heavy atom. The smallest absolute Gasteiger partial charge is 0.266 e. The summed E-state index contributed by atoms with van der Waals surface area (Å²) in [5, 5.41) is 1.06. The molecule has 0 saturated carbocycles. The van der Waals surface area contributed by atoms with Crippen molar-refractivity contribution < 1.29 is 9.53 Å². The average Bonchev–Trinajstić information content (AvgIpc) is 2.96. The topological polar surface area (TPSA) is 45.7 Å². The standard InChI is InChI=1S/C21H21N3O2S2/c1-3-7-24-20(25)17(28-21(24)27)13-16-12-15-6-4-5-14(2)18(15)22-19(16)23-8-10-26-11-9-23/h3-6,12-13H,1,7-11H2,2H3/b17-13-. The normalized spacial score (nSPS) is 19.1. The number of morpholine rings is 1. The van der Waals surface area contributed by atoms with Gasteiger partial charge in [0.05, 0.1) is 23.6 Å². The van der Waals surface area contributed by atoms with E-state index in [1.165, 1.54) is 11.8 Å². The predicted molar refractivity (Wildman–Crippen MR) is 120 cm³/mol. The number of benzene rings is 1. The molecule has 5 nitrogen and oxygen atoms in total. The van der Waals surface area contributed by atoms with Crippen LogP contribution >= 0.6 is 24.0 Å². The van der Waals surface area contributed by atoms with Crippen molar-refractivity contribution in [2.45, 2.75) is 6.92 Å². The largest absolute Gasteiger partial charge is 0.378 e. The number of aromatic nitrogens is 1. The van der Waals surface area contributed by atoms with E-state index in [4.69, 9.17) is 21.9 Å². The SMILES string of the molecule is C=CCN1C(=O)/C(=C/c2cc3cccc(C)c3nc2N2CCOCC2)SC1=S. The minimum Gasteiger partial charge on any atom is -0.378 e. The molecule has 0 atom stereocenters. The van der Waals surface area contributed by atoms with Crippen molar-refractivity contribution in [3.63, 3.8) is 0 Å². The summed E-state index contributed by atoms with van der Waals surface area (Å²) in [6.07, 6.45) is 3.61. The highest BCUT2D eigenvalue weighted by Crippen LogP contribution is 2.35. The zero-order valence-electron chi connectivity index (χ0n) is 15.7. The summed E-state index contributed by atoms with van der Waals surface area (Å²) in [6.45, 7) is 9.11. The minimum atomic E-state index is -0.0767. The van der Waals surface area contributed by atoms with Crippen LogP contribution < -0.4 is 4.90 Å². The highest BCUT2D eigenvalue weighted by Gasteiger charge is 2.31. The Kier molecular flexibility index (Phi) is 5.48. The monoisotopic (exact) mass is 411 g/mol. The Balaban J connectivity index is 1.82. The molecule has 2 aromatic rings. The molecule has 0 spiro atoms. The van der Waals surface area contributed by atoms with E-state index in [9.17, 15) is 4.79 Å². The number of thioether (sulfide) groups is 1. The molecule has 2 saturated heterocycles. The van der Waals surface area contributed by atoms with Crippen LogP contribution in [0.5, 0.6) is 0 Å².